The lowest BCUT2D eigenvalue weighted by Crippen LogP contribution is -2.04. The highest BCUT2D eigenvalue weighted by Gasteiger charge is 2.22. The van der Waals surface area contributed by atoms with Gasteiger partial charge in [-0.3, -0.25) is 9.11 Å². The first-order chi connectivity index (χ1) is 16.1. The summed E-state index contributed by atoms with van der Waals surface area (Å²) in [4.78, 5) is -1.25. The number of fused-ring (bicyclic) bond motifs is 2. The first kappa shape index (κ1) is 22.2. The molecular formula is C26H18O6S2. The van der Waals surface area contributed by atoms with Gasteiger partial charge in [0.05, 0.1) is 9.79 Å². The van der Waals surface area contributed by atoms with E-state index in [9.17, 15) is 25.9 Å². The summed E-state index contributed by atoms with van der Waals surface area (Å²) in [7, 11) is -9.50. The molecule has 8 heteroatoms. The summed E-state index contributed by atoms with van der Waals surface area (Å²) in [6.45, 7) is 0. The van der Waals surface area contributed by atoms with E-state index in [1.165, 1.54) is 12.1 Å². The third-order valence-corrected chi connectivity index (χ3v) is 7.42. The van der Waals surface area contributed by atoms with Crippen molar-refractivity contribution >= 4 is 41.8 Å². The van der Waals surface area contributed by atoms with E-state index < -0.39 is 30.0 Å². The SMILES string of the molecule is O=S(=O)(O)c1cc(-c2c3ccccc3c(-c3ccccc3)c3ccccc23)cc(S(=O)(=O)O)c1. The van der Waals surface area contributed by atoms with Crippen molar-refractivity contribution in [2.45, 2.75) is 9.79 Å². The van der Waals surface area contributed by atoms with Gasteiger partial charge in [0.25, 0.3) is 20.2 Å². The predicted octanol–water partition coefficient (Wildman–Crippen LogP) is 5.82. The average Bonchev–Trinajstić information content (AvgIpc) is 2.81. The summed E-state index contributed by atoms with van der Waals surface area (Å²) in [6, 6.07) is 28.1. The topological polar surface area (TPSA) is 109 Å². The molecule has 0 heterocycles. The highest BCUT2D eigenvalue weighted by Crippen LogP contribution is 2.44. The second-order valence-corrected chi connectivity index (χ2v) is 10.7. The predicted molar refractivity (Wildman–Crippen MR) is 132 cm³/mol. The molecule has 6 nitrogen and oxygen atoms in total. The normalized spacial score (nSPS) is 12.3. The maximum absolute atomic E-state index is 11.9. The van der Waals surface area contributed by atoms with E-state index in [0.29, 0.717) is 5.56 Å². The second-order valence-electron chi connectivity index (χ2n) is 7.85. The van der Waals surface area contributed by atoms with Crippen molar-refractivity contribution in [2.75, 3.05) is 0 Å². The van der Waals surface area contributed by atoms with Crippen LogP contribution in [0, 0.1) is 0 Å². The fourth-order valence-corrected chi connectivity index (χ4v) is 5.55. The van der Waals surface area contributed by atoms with Gasteiger partial charge in [-0.15, -0.1) is 0 Å². The molecule has 0 saturated carbocycles. The Labute approximate surface area is 196 Å². The van der Waals surface area contributed by atoms with Crippen molar-refractivity contribution < 1.29 is 25.9 Å². The molecule has 0 aliphatic heterocycles. The minimum absolute atomic E-state index is 0.231. The van der Waals surface area contributed by atoms with E-state index in [1.807, 2.05) is 78.9 Å². The molecule has 0 bridgehead atoms. The molecule has 0 aliphatic rings. The van der Waals surface area contributed by atoms with Crippen LogP contribution in [-0.4, -0.2) is 25.9 Å². The first-order valence-corrected chi connectivity index (χ1v) is 13.1. The van der Waals surface area contributed by atoms with E-state index in [1.54, 1.807) is 0 Å². The Morgan fingerprint density at radius 1 is 0.441 bits per heavy atom. The van der Waals surface area contributed by atoms with Crippen LogP contribution < -0.4 is 0 Å². The maximum Gasteiger partial charge on any atom is 0.294 e. The lowest BCUT2D eigenvalue weighted by Gasteiger charge is -2.18. The van der Waals surface area contributed by atoms with Crippen LogP contribution >= 0.6 is 0 Å². The third-order valence-electron chi connectivity index (χ3n) is 5.76. The van der Waals surface area contributed by atoms with E-state index >= 15 is 0 Å². The van der Waals surface area contributed by atoms with Crippen LogP contribution in [0.15, 0.2) is 107 Å². The van der Waals surface area contributed by atoms with Crippen LogP contribution in [-0.2, 0) is 20.2 Å². The lowest BCUT2D eigenvalue weighted by molar-refractivity contribution is 0.481. The number of hydrogen-bond acceptors (Lipinski definition) is 4. The van der Waals surface area contributed by atoms with Crippen LogP contribution in [0.1, 0.15) is 0 Å². The second kappa shape index (κ2) is 8.03. The van der Waals surface area contributed by atoms with Crippen molar-refractivity contribution in [3.05, 3.63) is 97.1 Å². The summed E-state index contributed by atoms with van der Waals surface area (Å²) in [6.07, 6.45) is 0. The van der Waals surface area contributed by atoms with Crippen LogP contribution in [0.25, 0.3) is 43.8 Å². The molecule has 0 amide bonds. The average molecular weight is 491 g/mol. The van der Waals surface area contributed by atoms with E-state index in [-0.39, 0.29) is 5.56 Å². The van der Waals surface area contributed by atoms with Gasteiger partial charge >= 0.3 is 0 Å². The van der Waals surface area contributed by atoms with Crippen molar-refractivity contribution in [1.82, 2.24) is 0 Å². The molecule has 0 radical (unpaired) electrons. The molecular weight excluding hydrogens is 472 g/mol. The van der Waals surface area contributed by atoms with Crippen LogP contribution in [0.5, 0.6) is 0 Å². The molecule has 0 aliphatic carbocycles. The van der Waals surface area contributed by atoms with E-state index in [2.05, 4.69) is 0 Å². The zero-order valence-corrected chi connectivity index (χ0v) is 19.2. The fourth-order valence-electron chi connectivity index (χ4n) is 4.37. The molecule has 0 saturated heterocycles. The first-order valence-electron chi connectivity index (χ1n) is 10.2. The number of benzene rings is 5. The van der Waals surface area contributed by atoms with Gasteiger partial charge in [-0.25, -0.2) is 0 Å². The van der Waals surface area contributed by atoms with Crippen LogP contribution in [0.4, 0.5) is 0 Å². The molecule has 34 heavy (non-hydrogen) atoms. The quantitative estimate of drug-likeness (QED) is 0.243. The van der Waals surface area contributed by atoms with Gasteiger partial charge in [-0.05, 0) is 62.0 Å². The highest BCUT2D eigenvalue weighted by molar-refractivity contribution is 7.86. The minimum Gasteiger partial charge on any atom is -0.282 e. The number of rotatable bonds is 4. The molecule has 0 atom stereocenters. The third kappa shape index (κ3) is 3.86. The van der Waals surface area contributed by atoms with Gasteiger partial charge in [0, 0.05) is 0 Å². The van der Waals surface area contributed by atoms with Crippen molar-refractivity contribution in [3.8, 4) is 22.3 Å². The van der Waals surface area contributed by atoms with Crippen molar-refractivity contribution in [1.29, 1.82) is 0 Å². The number of hydrogen-bond donors (Lipinski definition) is 2. The summed E-state index contributed by atoms with van der Waals surface area (Å²) in [5.41, 5.74) is 2.79. The molecule has 5 aromatic carbocycles. The van der Waals surface area contributed by atoms with Gasteiger partial charge in [-0.2, -0.15) is 16.8 Å². The molecule has 0 spiro atoms. The van der Waals surface area contributed by atoms with Crippen molar-refractivity contribution in [3.63, 3.8) is 0 Å². The monoisotopic (exact) mass is 490 g/mol. The molecule has 0 fully saturated rings. The standard InChI is InChI=1S/C26H18O6S2/c27-33(28,29)19-14-18(15-20(16-19)34(30,31)32)26-23-12-6-4-10-21(23)25(17-8-2-1-3-9-17)22-11-5-7-13-24(22)26/h1-16H,(H,27,28,29)(H,30,31,32). The maximum atomic E-state index is 11.9. The van der Waals surface area contributed by atoms with Gasteiger partial charge in [0.15, 0.2) is 0 Å². The zero-order valence-electron chi connectivity index (χ0n) is 17.6. The Hall–Kier alpha value is -3.56. The lowest BCUT2D eigenvalue weighted by atomic mass is 9.86. The molecule has 0 aromatic heterocycles. The molecule has 5 rings (SSSR count). The van der Waals surface area contributed by atoms with Crippen molar-refractivity contribution in [2.24, 2.45) is 0 Å². The zero-order chi connectivity index (χ0) is 24.1. The smallest absolute Gasteiger partial charge is 0.282 e. The Morgan fingerprint density at radius 3 is 1.18 bits per heavy atom. The van der Waals surface area contributed by atoms with E-state index in [0.717, 1.165) is 38.7 Å². The van der Waals surface area contributed by atoms with E-state index in [4.69, 9.17) is 0 Å². The van der Waals surface area contributed by atoms with Gasteiger partial charge < -0.3 is 0 Å². The Bertz CT molecular complexity index is 1690. The minimum atomic E-state index is -4.75. The van der Waals surface area contributed by atoms with Crippen LogP contribution in [0.3, 0.4) is 0 Å². The van der Waals surface area contributed by atoms with Gasteiger partial charge in [0.1, 0.15) is 0 Å². The largest absolute Gasteiger partial charge is 0.294 e. The molecule has 2 N–H and O–H groups in total. The Balaban J connectivity index is 2.00. The van der Waals surface area contributed by atoms with Gasteiger partial charge in [0.2, 0.25) is 0 Å². The van der Waals surface area contributed by atoms with Gasteiger partial charge in [-0.1, -0.05) is 78.9 Å². The Kier molecular flexibility index (Phi) is 5.26. The summed E-state index contributed by atoms with van der Waals surface area (Å²) in [5.74, 6) is 0. The molecule has 0 unspecified atom stereocenters. The summed E-state index contributed by atoms with van der Waals surface area (Å²) in [5, 5.41) is 3.28. The van der Waals surface area contributed by atoms with Crippen LogP contribution in [0.2, 0.25) is 0 Å². The fraction of sp³-hybridized carbons (Fsp3) is 0. The summed E-state index contributed by atoms with van der Waals surface area (Å²) >= 11 is 0. The Morgan fingerprint density at radius 2 is 0.794 bits per heavy atom. The molecule has 170 valence electrons. The summed E-state index contributed by atoms with van der Waals surface area (Å²) < 4.78 is 67.1. The molecule has 5 aromatic rings. The highest BCUT2D eigenvalue weighted by atomic mass is 32.2.